The van der Waals surface area contributed by atoms with Gasteiger partial charge < -0.3 is 13.6 Å². The Morgan fingerprint density at radius 1 is 0.439 bits per heavy atom. The molecule has 0 aliphatic heterocycles. The number of benzene rings is 6. The lowest BCUT2D eigenvalue weighted by molar-refractivity contribution is 0.669. The van der Waals surface area contributed by atoms with Crippen LogP contribution < -0.4 is 0 Å². The Kier molecular flexibility index (Phi) is 4.46. The lowest BCUT2D eigenvalue weighted by atomic mass is 10.1. The number of hydrogen-bond donors (Lipinski definition) is 0. The lowest BCUT2D eigenvalue weighted by Gasteiger charge is -2.11. The second-order valence-electron chi connectivity index (χ2n) is 11.2. The molecule has 0 bridgehead atoms. The Morgan fingerprint density at radius 2 is 1.12 bits per heavy atom. The van der Waals surface area contributed by atoms with Gasteiger partial charge in [-0.1, -0.05) is 66.2 Å². The van der Waals surface area contributed by atoms with Crippen molar-refractivity contribution in [2.75, 3.05) is 0 Å². The molecule has 3 heterocycles. The van der Waals surface area contributed by atoms with E-state index in [4.69, 9.17) is 4.42 Å². The van der Waals surface area contributed by atoms with E-state index in [9.17, 15) is 0 Å². The minimum Gasteiger partial charge on any atom is -0.456 e. The molecule has 6 aromatic carbocycles. The van der Waals surface area contributed by atoms with Gasteiger partial charge in [-0.25, -0.2) is 0 Å². The smallest absolute Gasteiger partial charge is 0.135 e. The summed E-state index contributed by atoms with van der Waals surface area (Å²) >= 11 is 0. The Morgan fingerprint density at radius 3 is 1.95 bits per heavy atom. The minimum absolute atomic E-state index is 0.914. The van der Waals surface area contributed by atoms with Crippen LogP contribution in [0.25, 0.3) is 76.9 Å². The molecule has 0 atom stereocenters. The number of hydrogen-bond acceptors (Lipinski definition) is 1. The molecule has 0 saturated carbocycles. The Balaban J connectivity index is 1.45. The third kappa shape index (κ3) is 3.09. The molecule has 0 amide bonds. The van der Waals surface area contributed by atoms with Gasteiger partial charge in [0, 0.05) is 43.7 Å². The average Bonchev–Trinajstić information content (AvgIpc) is 3.64. The van der Waals surface area contributed by atoms with Crippen molar-refractivity contribution < 1.29 is 4.42 Å². The van der Waals surface area contributed by atoms with Crippen LogP contribution in [0.5, 0.6) is 0 Å². The highest BCUT2D eigenvalue weighted by Crippen LogP contribution is 2.42. The van der Waals surface area contributed by atoms with E-state index in [2.05, 4.69) is 144 Å². The van der Waals surface area contributed by atoms with Crippen molar-refractivity contribution in [3.05, 3.63) is 132 Å². The van der Waals surface area contributed by atoms with Gasteiger partial charge in [0.25, 0.3) is 0 Å². The quantitative estimate of drug-likeness (QED) is 0.220. The molecule has 3 nitrogen and oxygen atoms in total. The van der Waals surface area contributed by atoms with Crippen molar-refractivity contribution in [1.29, 1.82) is 0 Å². The molecule has 9 rings (SSSR count). The number of nitrogens with zero attached hydrogens (tertiary/aromatic N) is 2. The molecule has 0 radical (unpaired) electrons. The van der Waals surface area contributed by atoms with E-state index in [1.165, 1.54) is 60.4 Å². The van der Waals surface area contributed by atoms with Crippen LogP contribution in [-0.2, 0) is 0 Å². The number of rotatable bonds is 2. The Bertz CT molecular complexity index is 2500. The minimum atomic E-state index is 0.914. The molecule has 0 fully saturated rings. The van der Waals surface area contributed by atoms with Crippen molar-refractivity contribution in [2.45, 2.75) is 13.8 Å². The van der Waals surface area contributed by atoms with E-state index >= 15 is 0 Å². The zero-order valence-electron chi connectivity index (χ0n) is 22.8. The maximum absolute atomic E-state index is 6.21. The predicted octanol–water partition coefficient (Wildman–Crippen LogP) is 10.4. The standard InChI is InChI=1S/C38H26N2O/c1-23-8-7-9-25(20-23)40-32-12-5-3-10-27(32)28-16-17-34-37(38(28)40)29-11-4-6-13-33(29)39(34)26-15-19-36-31(22-26)30-21-24(2)14-18-35(30)41-36/h3-22H,1-2H3. The molecule has 41 heavy (non-hydrogen) atoms. The van der Waals surface area contributed by atoms with Crippen molar-refractivity contribution in [2.24, 2.45) is 0 Å². The van der Waals surface area contributed by atoms with E-state index in [1.54, 1.807) is 0 Å². The molecular formula is C38H26N2O. The first-order valence-electron chi connectivity index (χ1n) is 14.1. The highest BCUT2D eigenvalue weighted by Gasteiger charge is 2.21. The molecule has 0 unspecified atom stereocenters. The summed E-state index contributed by atoms with van der Waals surface area (Å²) in [5.41, 5.74) is 11.5. The van der Waals surface area contributed by atoms with Crippen molar-refractivity contribution in [3.63, 3.8) is 0 Å². The SMILES string of the molecule is Cc1cccc(-n2c3ccccc3c3ccc4c(c5ccccc5n4-c4ccc5oc6ccc(C)cc6c5c4)c32)c1. The number of aromatic nitrogens is 2. The fourth-order valence-corrected chi connectivity index (χ4v) is 6.84. The summed E-state index contributed by atoms with van der Waals surface area (Å²) in [6.07, 6.45) is 0. The molecule has 9 aromatic rings. The van der Waals surface area contributed by atoms with Gasteiger partial charge in [0.1, 0.15) is 11.2 Å². The van der Waals surface area contributed by atoms with Crippen LogP contribution >= 0.6 is 0 Å². The van der Waals surface area contributed by atoms with Crippen molar-refractivity contribution in [1.82, 2.24) is 9.13 Å². The summed E-state index contributed by atoms with van der Waals surface area (Å²) in [4.78, 5) is 0. The van der Waals surface area contributed by atoms with Crippen molar-refractivity contribution in [3.8, 4) is 11.4 Å². The van der Waals surface area contributed by atoms with Crippen LogP contribution in [0.1, 0.15) is 11.1 Å². The van der Waals surface area contributed by atoms with Gasteiger partial charge in [0.2, 0.25) is 0 Å². The second kappa shape index (κ2) is 8.12. The van der Waals surface area contributed by atoms with Crippen LogP contribution in [0.3, 0.4) is 0 Å². The summed E-state index contributed by atoms with van der Waals surface area (Å²) in [7, 11) is 0. The fraction of sp³-hybridized carbons (Fsp3) is 0.0526. The number of para-hydroxylation sites is 2. The lowest BCUT2D eigenvalue weighted by Crippen LogP contribution is -1.95. The number of aryl methyl sites for hydroxylation is 2. The first-order valence-corrected chi connectivity index (χ1v) is 14.1. The zero-order chi connectivity index (χ0) is 27.2. The summed E-state index contributed by atoms with van der Waals surface area (Å²) in [5.74, 6) is 0. The van der Waals surface area contributed by atoms with Crippen LogP contribution in [0.4, 0.5) is 0 Å². The van der Waals surface area contributed by atoms with Gasteiger partial charge >= 0.3 is 0 Å². The van der Waals surface area contributed by atoms with Crippen LogP contribution in [-0.4, -0.2) is 9.13 Å². The number of fused-ring (bicyclic) bond motifs is 10. The molecular weight excluding hydrogens is 500 g/mol. The summed E-state index contributed by atoms with van der Waals surface area (Å²) in [6.45, 7) is 4.30. The monoisotopic (exact) mass is 526 g/mol. The highest BCUT2D eigenvalue weighted by atomic mass is 16.3. The van der Waals surface area contributed by atoms with E-state index in [0.29, 0.717) is 0 Å². The first kappa shape index (κ1) is 22.5. The van der Waals surface area contributed by atoms with E-state index in [0.717, 1.165) is 27.6 Å². The van der Waals surface area contributed by atoms with Gasteiger partial charge in [0.15, 0.2) is 0 Å². The second-order valence-corrected chi connectivity index (χ2v) is 11.2. The van der Waals surface area contributed by atoms with Gasteiger partial charge in [-0.3, -0.25) is 0 Å². The molecule has 0 saturated heterocycles. The maximum atomic E-state index is 6.21. The molecule has 0 spiro atoms. The summed E-state index contributed by atoms with van der Waals surface area (Å²) in [6, 6.07) is 44.0. The van der Waals surface area contributed by atoms with Crippen LogP contribution in [0, 0.1) is 13.8 Å². The Labute approximate surface area is 236 Å². The fourth-order valence-electron chi connectivity index (χ4n) is 6.84. The molecule has 0 N–H and O–H groups in total. The molecule has 3 heteroatoms. The first-order chi connectivity index (χ1) is 20.2. The van der Waals surface area contributed by atoms with E-state index in [1.807, 2.05) is 0 Å². The summed E-state index contributed by atoms with van der Waals surface area (Å²) in [5, 5.41) is 7.35. The van der Waals surface area contributed by atoms with Gasteiger partial charge in [-0.15, -0.1) is 0 Å². The van der Waals surface area contributed by atoms with Crippen LogP contribution in [0.2, 0.25) is 0 Å². The largest absolute Gasteiger partial charge is 0.456 e. The third-order valence-electron chi connectivity index (χ3n) is 8.60. The highest BCUT2D eigenvalue weighted by molar-refractivity contribution is 6.26. The van der Waals surface area contributed by atoms with E-state index in [-0.39, 0.29) is 0 Å². The van der Waals surface area contributed by atoms with Crippen LogP contribution in [0.15, 0.2) is 126 Å². The van der Waals surface area contributed by atoms with E-state index < -0.39 is 0 Å². The van der Waals surface area contributed by atoms with Gasteiger partial charge in [-0.2, -0.15) is 0 Å². The van der Waals surface area contributed by atoms with Gasteiger partial charge in [0.05, 0.1) is 22.1 Å². The number of furan rings is 1. The zero-order valence-corrected chi connectivity index (χ0v) is 22.8. The molecule has 3 aromatic heterocycles. The molecule has 194 valence electrons. The third-order valence-corrected chi connectivity index (χ3v) is 8.60. The molecule has 0 aliphatic rings. The maximum Gasteiger partial charge on any atom is 0.135 e. The van der Waals surface area contributed by atoms with Crippen molar-refractivity contribution >= 4 is 65.6 Å². The average molecular weight is 527 g/mol. The summed E-state index contributed by atoms with van der Waals surface area (Å²) < 4.78 is 11.1. The predicted molar refractivity (Wildman–Crippen MR) is 172 cm³/mol. The Hall–Kier alpha value is -5.28. The van der Waals surface area contributed by atoms with Gasteiger partial charge in [-0.05, 0) is 80.1 Å². The normalized spacial score (nSPS) is 12.1. The molecule has 0 aliphatic carbocycles. The topological polar surface area (TPSA) is 23.0 Å².